The van der Waals surface area contributed by atoms with Crippen LogP contribution in [0, 0.1) is 0 Å². The number of hydrogen-bond donors (Lipinski definition) is 2. The normalized spacial score (nSPS) is 16.3. The minimum absolute atomic E-state index is 0.0133. The van der Waals surface area contributed by atoms with Crippen LogP contribution in [0.25, 0.3) is 0 Å². The van der Waals surface area contributed by atoms with Gasteiger partial charge in [0, 0.05) is 37.9 Å². The number of likely N-dealkylation sites (tertiary alicyclic amines) is 1. The van der Waals surface area contributed by atoms with Crippen molar-refractivity contribution in [3.63, 3.8) is 0 Å². The molecule has 0 spiro atoms. The summed E-state index contributed by atoms with van der Waals surface area (Å²) in [5.74, 6) is -0.533. The van der Waals surface area contributed by atoms with Gasteiger partial charge in [0.05, 0.1) is 22.5 Å². The lowest BCUT2D eigenvalue weighted by Gasteiger charge is -2.33. The Kier molecular flexibility index (Phi) is 5.52. The first-order valence-corrected chi connectivity index (χ1v) is 10.1. The summed E-state index contributed by atoms with van der Waals surface area (Å²) in [5.41, 5.74) is 8.96. The molecule has 4 rings (SSSR count). The van der Waals surface area contributed by atoms with Crippen LogP contribution < -0.4 is 11.1 Å². The first-order valence-electron chi connectivity index (χ1n) is 10.1. The van der Waals surface area contributed by atoms with Gasteiger partial charge in [-0.15, -0.1) is 0 Å². The van der Waals surface area contributed by atoms with Gasteiger partial charge in [-0.1, -0.05) is 30.3 Å². The Balaban J connectivity index is 1.57. The molecule has 7 heteroatoms. The molecule has 1 aliphatic rings. The highest BCUT2D eigenvalue weighted by Gasteiger charge is 2.30. The van der Waals surface area contributed by atoms with Crippen LogP contribution in [0.15, 0.2) is 60.8 Å². The van der Waals surface area contributed by atoms with Crippen LogP contribution in [-0.4, -0.2) is 39.6 Å². The standard InChI is InChI=1S/C23H25N5O2/c1-27-15-19(22(24)29)21(26-27)16-8-7-13-28(14-16)23(30)18-11-5-6-12-20(18)25-17-9-3-2-4-10-17/h2-6,9-12,15-16,25H,7-8,13-14H2,1H3,(H2,24,29)/t16-/m0/s1. The van der Waals surface area contributed by atoms with Crippen LogP contribution in [-0.2, 0) is 7.05 Å². The van der Waals surface area contributed by atoms with Crippen LogP contribution in [0.5, 0.6) is 0 Å². The van der Waals surface area contributed by atoms with E-state index in [0.29, 0.717) is 29.9 Å². The van der Waals surface area contributed by atoms with Crippen LogP contribution >= 0.6 is 0 Å². The molecule has 2 heterocycles. The minimum atomic E-state index is -0.487. The highest BCUT2D eigenvalue weighted by Crippen LogP contribution is 2.30. The molecule has 1 aromatic heterocycles. The monoisotopic (exact) mass is 403 g/mol. The number of carbonyl (C=O) groups excluding carboxylic acids is 2. The summed E-state index contributed by atoms with van der Waals surface area (Å²) in [5, 5.41) is 7.80. The molecule has 2 amide bonds. The SMILES string of the molecule is Cn1cc(C(N)=O)c([C@H]2CCCN(C(=O)c3ccccc3Nc3ccccc3)C2)n1. The Bertz CT molecular complexity index is 1060. The molecule has 1 fully saturated rings. The Morgan fingerprint density at radius 1 is 1.07 bits per heavy atom. The Labute approximate surface area is 175 Å². The molecule has 0 radical (unpaired) electrons. The third-order valence-corrected chi connectivity index (χ3v) is 5.43. The van der Waals surface area contributed by atoms with Gasteiger partial charge < -0.3 is 16.0 Å². The Morgan fingerprint density at radius 3 is 2.57 bits per heavy atom. The van der Waals surface area contributed by atoms with Gasteiger partial charge in [-0.05, 0) is 37.1 Å². The third-order valence-electron chi connectivity index (χ3n) is 5.43. The van der Waals surface area contributed by atoms with Crippen LogP contribution in [0.3, 0.4) is 0 Å². The van der Waals surface area contributed by atoms with E-state index in [9.17, 15) is 9.59 Å². The van der Waals surface area contributed by atoms with Crippen molar-refractivity contribution in [2.45, 2.75) is 18.8 Å². The maximum Gasteiger partial charge on any atom is 0.255 e. The number of rotatable bonds is 5. The first kappa shape index (κ1) is 19.7. The van der Waals surface area contributed by atoms with Gasteiger partial charge in [-0.3, -0.25) is 14.3 Å². The molecule has 0 unspecified atom stereocenters. The molecule has 3 aromatic rings. The molecule has 1 saturated heterocycles. The molecule has 7 nitrogen and oxygen atoms in total. The Morgan fingerprint density at radius 2 is 1.80 bits per heavy atom. The number of benzene rings is 2. The van der Waals surface area contributed by atoms with E-state index in [1.54, 1.807) is 17.9 Å². The number of nitrogens with one attached hydrogen (secondary N) is 1. The van der Waals surface area contributed by atoms with Crippen molar-refractivity contribution in [3.05, 3.63) is 77.6 Å². The van der Waals surface area contributed by atoms with Crippen molar-refractivity contribution in [3.8, 4) is 0 Å². The highest BCUT2D eigenvalue weighted by atomic mass is 16.2. The average molecular weight is 403 g/mol. The molecule has 30 heavy (non-hydrogen) atoms. The second-order valence-corrected chi connectivity index (χ2v) is 7.59. The largest absolute Gasteiger partial charge is 0.365 e. The fourth-order valence-electron chi connectivity index (χ4n) is 4.01. The van der Waals surface area contributed by atoms with Crippen molar-refractivity contribution in [1.82, 2.24) is 14.7 Å². The molecule has 1 atom stereocenters. The number of piperidine rings is 1. The number of aromatic nitrogens is 2. The van der Waals surface area contributed by atoms with Crippen LogP contribution in [0.1, 0.15) is 45.2 Å². The zero-order valence-corrected chi connectivity index (χ0v) is 16.9. The summed E-state index contributed by atoms with van der Waals surface area (Å²) >= 11 is 0. The van der Waals surface area contributed by atoms with E-state index in [0.717, 1.165) is 24.2 Å². The zero-order valence-electron chi connectivity index (χ0n) is 16.9. The fourth-order valence-corrected chi connectivity index (χ4v) is 4.01. The summed E-state index contributed by atoms with van der Waals surface area (Å²) in [4.78, 5) is 27.0. The van der Waals surface area contributed by atoms with E-state index in [4.69, 9.17) is 5.73 Å². The lowest BCUT2D eigenvalue weighted by Crippen LogP contribution is -2.39. The fraction of sp³-hybridized carbons (Fsp3) is 0.261. The second-order valence-electron chi connectivity index (χ2n) is 7.59. The number of amides is 2. The molecule has 154 valence electrons. The smallest absolute Gasteiger partial charge is 0.255 e. The molecule has 0 bridgehead atoms. The molecule has 2 aromatic carbocycles. The summed E-state index contributed by atoms with van der Waals surface area (Å²) < 4.78 is 1.61. The second kappa shape index (κ2) is 8.41. The highest BCUT2D eigenvalue weighted by molar-refractivity contribution is 6.00. The lowest BCUT2D eigenvalue weighted by atomic mass is 9.92. The zero-order chi connectivity index (χ0) is 21.1. The van der Waals surface area contributed by atoms with E-state index in [1.165, 1.54) is 0 Å². The van der Waals surface area contributed by atoms with E-state index in [-0.39, 0.29) is 11.8 Å². The number of nitrogens with two attached hydrogens (primary N) is 1. The molecule has 0 aliphatic carbocycles. The first-order chi connectivity index (χ1) is 14.5. The number of carbonyl (C=O) groups is 2. The maximum absolute atomic E-state index is 13.4. The average Bonchev–Trinajstić information content (AvgIpc) is 3.17. The summed E-state index contributed by atoms with van der Waals surface area (Å²) in [7, 11) is 1.77. The molecule has 3 N–H and O–H groups in total. The number of hydrogen-bond acceptors (Lipinski definition) is 4. The Hall–Kier alpha value is -3.61. The quantitative estimate of drug-likeness (QED) is 0.684. The predicted molar refractivity (Wildman–Crippen MR) is 116 cm³/mol. The number of aryl methyl sites for hydroxylation is 1. The predicted octanol–water partition coefficient (Wildman–Crippen LogP) is 3.28. The third kappa shape index (κ3) is 4.05. The summed E-state index contributed by atoms with van der Waals surface area (Å²) in [6, 6.07) is 17.3. The number of primary amides is 1. The van der Waals surface area contributed by atoms with Crippen molar-refractivity contribution in [2.75, 3.05) is 18.4 Å². The number of anilines is 2. The molecule has 1 aliphatic heterocycles. The number of nitrogens with zero attached hydrogens (tertiary/aromatic N) is 3. The van der Waals surface area contributed by atoms with Crippen molar-refractivity contribution < 1.29 is 9.59 Å². The van der Waals surface area contributed by atoms with Crippen molar-refractivity contribution in [2.24, 2.45) is 12.8 Å². The molecule has 0 saturated carbocycles. The lowest BCUT2D eigenvalue weighted by molar-refractivity contribution is 0.0706. The van der Waals surface area contributed by atoms with Crippen LogP contribution in [0.2, 0.25) is 0 Å². The van der Waals surface area contributed by atoms with E-state index in [2.05, 4.69) is 10.4 Å². The molecular formula is C23H25N5O2. The molecular weight excluding hydrogens is 378 g/mol. The summed E-state index contributed by atoms with van der Waals surface area (Å²) in [6.07, 6.45) is 3.36. The van der Waals surface area contributed by atoms with Crippen LogP contribution in [0.4, 0.5) is 11.4 Å². The topological polar surface area (TPSA) is 93.2 Å². The van der Waals surface area contributed by atoms with Crippen molar-refractivity contribution >= 4 is 23.2 Å². The maximum atomic E-state index is 13.4. The van der Waals surface area contributed by atoms with Gasteiger partial charge in [0.25, 0.3) is 11.8 Å². The van der Waals surface area contributed by atoms with Gasteiger partial charge in [0.1, 0.15) is 0 Å². The van der Waals surface area contributed by atoms with Gasteiger partial charge in [0.15, 0.2) is 0 Å². The van der Waals surface area contributed by atoms with Crippen molar-refractivity contribution in [1.29, 1.82) is 0 Å². The van der Waals surface area contributed by atoms with Gasteiger partial charge in [-0.25, -0.2) is 0 Å². The summed E-state index contributed by atoms with van der Waals surface area (Å²) in [6.45, 7) is 1.18. The number of para-hydroxylation sites is 2. The minimum Gasteiger partial charge on any atom is -0.365 e. The van der Waals surface area contributed by atoms with Gasteiger partial charge in [-0.2, -0.15) is 5.10 Å². The van der Waals surface area contributed by atoms with E-state index >= 15 is 0 Å². The van der Waals surface area contributed by atoms with Gasteiger partial charge in [0.2, 0.25) is 0 Å². The van der Waals surface area contributed by atoms with E-state index < -0.39 is 5.91 Å². The van der Waals surface area contributed by atoms with E-state index in [1.807, 2.05) is 59.5 Å². The van der Waals surface area contributed by atoms with Gasteiger partial charge >= 0.3 is 0 Å².